The van der Waals surface area contributed by atoms with Crippen LogP contribution in [0.3, 0.4) is 0 Å². The number of anilines is 2. The molecule has 0 aliphatic heterocycles. The normalized spacial score (nSPS) is 11.3. The van der Waals surface area contributed by atoms with E-state index in [9.17, 15) is 8.42 Å². The van der Waals surface area contributed by atoms with E-state index in [1.165, 1.54) is 6.07 Å². The van der Waals surface area contributed by atoms with Gasteiger partial charge in [-0.2, -0.15) is 0 Å². The minimum atomic E-state index is -3.72. The predicted octanol–water partition coefficient (Wildman–Crippen LogP) is 3.64. The predicted molar refractivity (Wildman–Crippen MR) is 90.6 cm³/mol. The van der Waals surface area contributed by atoms with Crippen molar-refractivity contribution in [2.45, 2.75) is 11.8 Å². The van der Waals surface area contributed by atoms with E-state index in [2.05, 4.69) is 27.3 Å². The number of sulfonamides is 1. The van der Waals surface area contributed by atoms with Crippen molar-refractivity contribution in [1.82, 2.24) is 0 Å². The third-order valence-electron chi connectivity index (χ3n) is 2.68. The maximum absolute atomic E-state index is 12.4. The number of benzene rings is 2. The highest BCUT2D eigenvalue weighted by Gasteiger charge is 2.18. The molecule has 20 heavy (non-hydrogen) atoms. The number of aryl methyl sites for hydroxylation is 1. The van der Waals surface area contributed by atoms with Gasteiger partial charge in [-0.25, -0.2) is 8.42 Å². The lowest BCUT2D eigenvalue weighted by molar-refractivity contribution is 0.600. The topological polar surface area (TPSA) is 72.2 Å². The van der Waals surface area contributed by atoms with Crippen LogP contribution < -0.4 is 10.5 Å². The number of hydrogen-bond donors (Lipinski definition) is 2. The zero-order chi connectivity index (χ0) is 14.9. The summed E-state index contributed by atoms with van der Waals surface area (Å²) in [6.45, 7) is 1.71. The van der Waals surface area contributed by atoms with E-state index in [4.69, 9.17) is 17.3 Å². The van der Waals surface area contributed by atoms with Crippen LogP contribution in [0, 0.1) is 10.5 Å². The Morgan fingerprint density at radius 3 is 2.55 bits per heavy atom. The molecular weight excluding hydrogens is 411 g/mol. The molecule has 0 amide bonds. The van der Waals surface area contributed by atoms with Crippen LogP contribution in [-0.2, 0) is 10.0 Å². The van der Waals surface area contributed by atoms with Crippen molar-refractivity contribution < 1.29 is 8.42 Å². The zero-order valence-corrected chi connectivity index (χ0v) is 14.3. The third kappa shape index (κ3) is 3.36. The molecule has 0 aliphatic carbocycles. The summed E-state index contributed by atoms with van der Waals surface area (Å²) >= 11 is 8.14. The Morgan fingerprint density at radius 1 is 1.20 bits per heavy atom. The summed E-state index contributed by atoms with van der Waals surface area (Å²) in [5.74, 6) is 0. The molecule has 0 spiro atoms. The molecule has 0 fully saturated rings. The molecule has 0 saturated heterocycles. The van der Waals surface area contributed by atoms with Gasteiger partial charge in [-0.05, 0) is 65.4 Å². The fraction of sp³-hybridized carbons (Fsp3) is 0.0769. The van der Waals surface area contributed by atoms with Gasteiger partial charge in [0.05, 0.1) is 15.6 Å². The molecule has 7 heteroatoms. The van der Waals surface area contributed by atoms with Crippen molar-refractivity contribution >= 4 is 55.6 Å². The largest absolute Gasteiger partial charge is 0.399 e. The Balaban J connectivity index is 2.43. The van der Waals surface area contributed by atoms with E-state index in [0.29, 0.717) is 22.0 Å². The van der Waals surface area contributed by atoms with Crippen LogP contribution in [0.2, 0.25) is 5.02 Å². The zero-order valence-electron chi connectivity index (χ0n) is 10.5. The summed E-state index contributed by atoms with van der Waals surface area (Å²) in [4.78, 5) is 0.145. The monoisotopic (exact) mass is 422 g/mol. The smallest absolute Gasteiger partial charge is 0.262 e. The van der Waals surface area contributed by atoms with Crippen LogP contribution in [0.15, 0.2) is 41.3 Å². The maximum Gasteiger partial charge on any atom is 0.262 e. The highest BCUT2D eigenvalue weighted by Crippen LogP contribution is 2.27. The van der Waals surface area contributed by atoms with Crippen LogP contribution >= 0.6 is 34.2 Å². The van der Waals surface area contributed by atoms with Gasteiger partial charge in [-0.15, -0.1) is 0 Å². The molecule has 0 aliphatic rings. The molecule has 0 radical (unpaired) electrons. The molecule has 2 aromatic rings. The van der Waals surface area contributed by atoms with Gasteiger partial charge in [0.15, 0.2) is 0 Å². The Kier molecular flexibility index (Phi) is 4.46. The molecular formula is C13H12ClIN2O2S. The number of nitrogens with two attached hydrogens (primary N) is 1. The molecule has 4 nitrogen and oxygen atoms in total. The molecule has 0 unspecified atom stereocenters. The Labute approximate surface area is 136 Å². The van der Waals surface area contributed by atoms with Crippen molar-refractivity contribution in [3.63, 3.8) is 0 Å². The van der Waals surface area contributed by atoms with Crippen LogP contribution in [0.5, 0.6) is 0 Å². The first-order valence-electron chi connectivity index (χ1n) is 5.63. The van der Waals surface area contributed by atoms with Gasteiger partial charge in [0.2, 0.25) is 0 Å². The number of halogens is 2. The first-order valence-corrected chi connectivity index (χ1v) is 8.57. The van der Waals surface area contributed by atoms with E-state index >= 15 is 0 Å². The Bertz CT molecular complexity index is 763. The molecule has 2 aromatic carbocycles. The van der Waals surface area contributed by atoms with Gasteiger partial charge >= 0.3 is 0 Å². The molecule has 0 aromatic heterocycles. The van der Waals surface area contributed by atoms with Crippen LogP contribution in [0.25, 0.3) is 0 Å². The second-order valence-corrected chi connectivity index (χ2v) is 7.56. The summed E-state index contributed by atoms with van der Waals surface area (Å²) in [5, 5.41) is 0.349. The quantitative estimate of drug-likeness (QED) is 0.586. The maximum atomic E-state index is 12.4. The van der Waals surface area contributed by atoms with E-state index in [1.807, 2.05) is 0 Å². The fourth-order valence-corrected chi connectivity index (χ4v) is 4.00. The molecule has 2 rings (SSSR count). The first-order chi connectivity index (χ1) is 9.29. The molecule has 0 bridgehead atoms. The van der Waals surface area contributed by atoms with Gasteiger partial charge < -0.3 is 5.73 Å². The SMILES string of the molecule is Cc1ccc(N)cc1S(=O)(=O)Nc1ccc(I)cc1Cl. The number of rotatable bonds is 3. The van der Waals surface area contributed by atoms with E-state index in [0.717, 1.165) is 3.57 Å². The van der Waals surface area contributed by atoms with Gasteiger partial charge in [0.25, 0.3) is 10.0 Å². The highest BCUT2D eigenvalue weighted by atomic mass is 127. The van der Waals surface area contributed by atoms with Gasteiger partial charge in [0, 0.05) is 9.26 Å². The van der Waals surface area contributed by atoms with E-state index in [1.54, 1.807) is 37.3 Å². The third-order valence-corrected chi connectivity index (χ3v) is 5.17. The van der Waals surface area contributed by atoms with Crippen molar-refractivity contribution in [2.75, 3.05) is 10.5 Å². The second kappa shape index (κ2) is 5.79. The highest BCUT2D eigenvalue weighted by molar-refractivity contribution is 14.1. The van der Waals surface area contributed by atoms with Crippen LogP contribution in [0.4, 0.5) is 11.4 Å². The molecule has 0 atom stereocenters. The number of nitrogens with one attached hydrogen (secondary N) is 1. The average Bonchev–Trinajstić information content (AvgIpc) is 2.35. The Morgan fingerprint density at radius 2 is 1.90 bits per heavy atom. The van der Waals surface area contributed by atoms with Gasteiger partial charge in [0.1, 0.15) is 0 Å². The van der Waals surface area contributed by atoms with Gasteiger partial charge in [-0.3, -0.25) is 4.72 Å². The van der Waals surface area contributed by atoms with E-state index in [-0.39, 0.29) is 4.90 Å². The number of hydrogen-bond acceptors (Lipinski definition) is 3. The van der Waals surface area contributed by atoms with Crippen molar-refractivity contribution in [1.29, 1.82) is 0 Å². The molecule has 106 valence electrons. The summed E-state index contributed by atoms with van der Waals surface area (Å²) in [5.41, 5.74) is 7.00. The first kappa shape index (κ1) is 15.4. The number of nitrogen functional groups attached to an aromatic ring is 1. The second-order valence-electron chi connectivity index (χ2n) is 4.25. The molecule has 0 saturated carbocycles. The molecule has 0 heterocycles. The van der Waals surface area contributed by atoms with Crippen molar-refractivity contribution in [2.24, 2.45) is 0 Å². The Hall–Kier alpha value is -0.990. The summed E-state index contributed by atoms with van der Waals surface area (Å²) < 4.78 is 28.2. The van der Waals surface area contributed by atoms with Crippen LogP contribution in [-0.4, -0.2) is 8.42 Å². The average molecular weight is 423 g/mol. The summed E-state index contributed by atoms with van der Waals surface area (Å²) in [6.07, 6.45) is 0. The summed E-state index contributed by atoms with van der Waals surface area (Å²) in [6, 6.07) is 9.84. The van der Waals surface area contributed by atoms with Crippen molar-refractivity contribution in [3.05, 3.63) is 50.6 Å². The fourth-order valence-electron chi connectivity index (χ4n) is 1.68. The summed E-state index contributed by atoms with van der Waals surface area (Å²) in [7, 11) is -3.72. The van der Waals surface area contributed by atoms with E-state index < -0.39 is 10.0 Å². The van der Waals surface area contributed by atoms with Crippen LogP contribution in [0.1, 0.15) is 5.56 Å². The lowest BCUT2D eigenvalue weighted by Gasteiger charge is -2.12. The minimum absolute atomic E-state index is 0.145. The molecule has 3 N–H and O–H groups in total. The standard InChI is InChI=1S/C13H12ClIN2O2S/c1-8-2-4-10(16)7-13(8)20(18,19)17-12-5-3-9(15)6-11(12)14/h2-7,17H,16H2,1H3. The minimum Gasteiger partial charge on any atom is -0.399 e. The van der Waals surface area contributed by atoms with Crippen molar-refractivity contribution in [3.8, 4) is 0 Å². The van der Waals surface area contributed by atoms with Gasteiger partial charge in [-0.1, -0.05) is 17.7 Å². The lowest BCUT2D eigenvalue weighted by Crippen LogP contribution is -2.15. The lowest BCUT2D eigenvalue weighted by atomic mass is 10.2.